The van der Waals surface area contributed by atoms with E-state index in [0.717, 1.165) is 5.39 Å². The number of benzene rings is 1. The molecule has 2 rings (SSSR count). The van der Waals surface area contributed by atoms with E-state index in [1.165, 1.54) is 6.07 Å². The Bertz CT molecular complexity index is 506. The summed E-state index contributed by atoms with van der Waals surface area (Å²) in [4.78, 5) is 22.7. The van der Waals surface area contributed by atoms with Gasteiger partial charge in [-0.15, -0.1) is 0 Å². The molecule has 4 nitrogen and oxygen atoms in total. The van der Waals surface area contributed by atoms with E-state index in [1.807, 2.05) is 19.9 Å². The number of para-hydroxylation sites is 1. The molecule has 0 fully saturated rings. The first-order valence-corrected chi connectivity index (χ1v) is 5.92. The van der Waals surface area contributed by atoms with Gasteiger partial charge in [-0.1, -0.05) is 32.0 Å². The van der Waals surface area contributed by atoms with Crippen LogP contribution in [0.4, 0.5) is 0 Å². The molecule has 0 spiro atoms. The van der Waals surface area contributed by atoms with E-state index in [-0.39, 0.29) is 12.4 Å². The molecular formula is C14H16O4. The first-order valence-electron chi connectivity index (χ1n) is 5.92. The van der Waals surface area contributed by atoms with Gasteiger partial charge in [-0.3, -0.25) is 4.79 Å². The summed E-state index contributed by atoms with van der Waals surface area (Å²) < 4.78 is 9.85. The van der Waals surface area contributed by atoms with Gasteiger partial charge in [-0.05, 0) is 19.1 Å². The lowest BCUT2D eigenvalue weighted by molar-refractivity contribution is -0.137. The zero-order valence-electron chi connectivity index (χ0n) is 10.7. The molecule has 1 aromatic carbocycles. The third kappa shape index (κ3) is 2.97. The number of ether oxygens (including phenoxy) is 1. The van der Waals surface area contributed by atoms with Crippen LogP contribution >= 0.6 is 0 Å². The van der Waals surface area contributed by atoms with E-state index < -0.39 is 11.8 Å². The topological polar surface area (TPSA) is 56.5 Å². The second-order valence-corrected chi connectivity index (χ2v) is 3.20. The maximum Gasteiger partial charge on any atom is 0.383 e. The van der Waals surface area contributed by atoms with Crippen LogP contribution in [0.15, 0.2) is 34.7 Å². The van der Waals surface area contributed by atoms with E-state index >= 15 is 0 Å². The molecular weight excluding hydrogens is 232 g/mol. The third-order valence-corrected chi connectivity index (χ3v) is 2.11. The van der Waals surface area contributed by atoms with Crippen molar-refractivity contribution in [1.82, 2.24) is 0 Å². The minimum absolute atomic E-state index is 0.0136. The smallest absolute Gasteiger partial charge is 0.383 e. The molecule has 1 aromatic heterocycles. The number of Topliss-reactive ketones (excluding diaryl/α,β-unsaturated/α-hetero) is 1. The van der Waals surface area contributed by atoms with Gasteiger partial charge in [0.05, 0.1) is 6.61 Å². The molecule has 0 bridgehead atoms. The van der Waals surface area contributed by atoms with Crippen molar-refractivity contribution in [2.75, 3.05) is 6.61 Å². The van der Waals surface area contributed by atoms with E-state index in [2.05, 4.69) is 4.74 Å². The van der Waals surface area contributed by atoms with Gasteiger partial charge in [-0.2, -0.15) is 0 Å². The Morgan fingerprint density at radius 2 is 1.89 bits per heavy atom. The fraction of sp³-hybridized carbons (Fsp3) is 0.286. The SMILES string of the molecule is CC.CCOC(=O)C(=O)c1cc2ccccc2o1. The predicted octanol–water partition coefficient (Wildman–Crippen LogP) is 3.20. The molecule has 1 heterocycles. The Morgan fingerprint density at radius 1 is 1.22 bits per heavy atom. The molecule has 96 valence electrons. The summed E-state index contributed by atoms with van der Waals surface area (Å²) in [6.07, 6.45) is 0. The lowest BCUT2D eigenvalue weighted by Gasteiger charge is -1.96. The number of carbonyl (C=O) groups excluding carboxylic acids is 2. The van der Waals surface area contributed by atoms with Gasteiger partial charge in [0, 0.05) is 5.39 Å². The van der Waals surface area contributed by atoms with Crippen molar-refractivity contribution in [2.45, 2.75) is 20.8 Å². The number of carbonyl (C=O) groups is 2. The van der Waals surface area contributed by atoms with E-state index in [4.69, 9.17) is 4.42 Å². The second-order valence-electron chi connectivity index (χ2n) is 3.20. The summed E-state index contributed by atoms with van der Waals surface area (Å²) in [5.74, 6) is -1.63. The molecule has 0 radical (unpaired) electrons. The molecule has 0 saturated heterocycles. The fourth-order valence-electron chi connectivity index (χ4n) is 1.39. The number of hydrogen-bond donors (Lipinski definition) is 0. The van der Waals surface area contributed by atoms with Crippen LogP contribution in [-0.4, -0.2) is 18.4 Å². The van der Waals surface area contributed by atoms with Crippen LogP contribution in [-0.2, 0) is 9.53 Å². The molecule has 0 atom stereocenters. The number of ketones is 1. The number of fused-ring (bicyclic) bond motifs is 1. The van der Waals surface area contributed by atoms with Crippen LogP contribution < -0.4 is 0 Å². The highest BCUT2D eigenvalue weighted by Gasteiger charge is 2.21. The predicted molar refractivity (Wildman–Crippen MR) is 68.5 cm³/mol. The van der Waals surface area contributed by atoms with Crippen molar-refractivity contribution < 1.29 is 18.7 Å². The first-order chi connectivity index (χ1) is 8.72. The molecule has 0 amide bonds. The van der Waals surface area contributed by atoms with E-state index in [0.29, 0.717) is 5.58 Å². The minimum atomic E-state index is -0.887. The Balaban J connectivity index is 0.000000771. The van der Waals surface area contributed by atoms with Crippen LogP contribution in [0.2, 0.25) is 0 Å². The molecule has 0 saturated carbocycles. The fourth-order valence-corrected chi connectivity index (χ4v) is 1.39. The summed E-state index contributed by atoms with van der Waals surface area (Å²) in [5.41, 5.74) is 0.579. The van der Waals surface area contributed by atoms with Gasteiger partial charge in [0.15, 0.2) is 5.76 Å². The van der Waals surface area contributed by atoms with Crippen LogP contribution in [0, 0.1) is 0 Å². The summed E-state index contributed by atoms with van der Waals surface area (Å²) in [6, 6.07) is 8.70. The van der Waals surface area contributed by atoms with Crippen molar-refractivity contribution in [1.29, 1.82) is 0 Å². The highest BCUT2D eigenvalue weighted by Crippen LogP contribution is 2.19. The molecule has 2 aromatic rings. The molecule has 0 N–H and O–H groups in total. The Morgan fingerprint density at radius 3 is 2.50 bits per heavy atom. The van der Waals surface area contributed by atoms with Crippen molar-refractivity contribution in [2.24, 2.45) is 0 Å². The molecule has 18 heavy (non-hydrogen) atoms. The quantitative estimate of drug-likeness (QED) is 0.475. The van der Waals surface area contributed by atoms with Gasteiger partial charge in [0.1, 0.15) is 5.58 Å². The number of rotatable bonds is 3. The maximum absolute atomic E-state index is 11.5. The number of esters is 1. The summed E-state index contributed by atoms with van der Waals surface area (Å²) in [7, 11) is 0. The first kappa shape index (κ1) is 14.0. The third-order valence-electron chi connectivity index (χ3n) is 2.11. The summed E-state index contributed by atoms with van der Waals surface area (Å²) >= 11 is 0. The Labute approximate surface area is 106 Å². The molecule has 4 heteroatoms. The highest BCUT2D eigenvalue weighted by atomic mass is 16.5. The summed E-state index contributed by atoms with van der Waals surface area (Å²) in [6.45, 7) is 5.81. The number of hydrogen-bond acceptors (Lipinski definition) is 4. The van der Waals surface area contributed by atoms with Crippen molar-refractivity contribution in [3.05, 3.63) is 36.1 Å². The highest BCUT2D eigenvalue weighted by molar-refractivity contribution is 6.40. The molecule has 0 unspecified atom stereocenters. The average molecular weight is 248 g/mol. The van der Waals surface area contributed by atoms with Crippen molar-refractivity contribution in [3.63, 3.8) is 0 Å². The van der Waals surface area contributed by atoms with E-state index in [1.54, 1.807) is 25.1 Å². The lowest BCUT2D eigenvalue weighted by atomic mass is 10.2. The van der Waals surface area contributed by atoms with Gasteiger partial charge < -0.3 is 9.15 Å². The van der Waals surface area contributed by atoms with Gasteiger partial charge in [0.2, 0.25) is 0 Å². The largest absolute Gasteiger partial charge is 0.460 e. The van der Waals surface area contributed by atoms with Gasteiger partial charge in [-0.25, -0.2) is 4.79 Å². The normalized spacial score (nSPS) is 9.50. The average Bonchev–Trinajstić information content (AvgIpc) is 2.84. The maximum atomic E-state index is 11.5. The second kappa shape index (κ2) is 6.59. The molecule has 0 aliphatic rings. The van der Waals surface area contributed by atoms with Crippen LogP contribution in [0.5, 0.6) is 0 Å². The summed E-state index contributed by atoms with van der Waals surface area (Å²) in [5, 5.41) is 0.787. The standard InChI is InChI=1S/C12H10O4.C2H6/c1-2-15-12(14)11(13)10-7-8-5-3-4-6-9(8)16-10;1-2/h3-7H,2H2,1H3;1-2H3. The van der Waals surface area contributed by atoms with Crippen molar-refractivity contribution >= 4 is 22.7 Å². The van der Waals surface area contributed by atoms with Crippen LogP contribution in [0.1, 0.15) is 31.3 Å². The molecule has 0 aliphatic carbocycles. The minimum Gasteiger partial charge on any atom is -0.460 e. The van der Waals surface area contributed by atoms with Gasteiger partial charge >= 0.3 is 11.8 Å². The monoisotopic (exact) mass is 248 g/mol. The number of furan rings is 1. The molecule has 0 aliphatic heterocycles. The van der Waals surface area contributed by atoms with Crippen LogP contribution in [0.3, 0.4) is 0 Å². The van der Waals surface area contributed by atoms with Crippen molar-refractivity contribution in [3.8, 4) is 0 Å². The Hall–Kier alpha value is -2.10. The lowest BCUT2D eigenvalue weighted by Crippen LogP contribution is -2.16. The Kier molecular flexibility index (Phi) is 5.11. The zero-order valence-corrected chi connectivity index (χ0v) is 10.7. The van der Waals surface area contributed by atoms with Crippen LogP contribution in [0.25, 0.3) is 11.0 Å². The van der Waals surface area contributed by atoms with Gasteiger partial charge in [0.25, 0.3) is 0 Å². The zero-order chi connectivity index (χ0) is 13.5. The van der Waals surface area contributed by atoms with E-state index in [9.17, 15) is 9.59 Å².